The molecule has 0 aromatic carbocycles. The molecule has 0 radical (unpaired) electrons. The van der Waals surface area contributed by atoms with E-state index in [-0.39, 0.29) is 25.0 Å². The summed E-state index contributed by atoms with van der Waals surface area (Å²) in [6, 6.07) is 3.21. The number of hydrogen-bond donors (Lipinski definition) is 2. The number of hydrogen-bond acceptors (Lipinski definition) is 4. The molecule has 7 nitrogen and oxygen atoms in total. The van der Waals surface area contributed by atoms with Gasteiger partial charge in [-0.25, -0.2) is 0 Å². The molecule has 2 atom stereocenters. The highest BCUT2D eigenvalue weighted by atomic mass is 16.4. The first kappa shape index (κ1) is 15.5. The van der Waals surface area contributed by atoms with Crippen molar-refractivity contribution in [1.29, 1.82) is 0 Å². The van der Waals surface area contributed by atoms with Crippen LogP contribution in [0.15, 0.2) is 18.3 Å². The van der Waals surface area contributed by atoms with Gasteiger partial charge in [-0.1, -0.05) is 0 Å². The molecule has 1 aliphatic rings. The summed E-state index contributed by atoms with van der Waals surface area (Å²) in [6.07, 6.45) is 1.60. The summed E-state index contributed by atoms with van der Waals surface area (Å²) in [5, 5.41) is 18.7. The van der Waals surface area contributed by atoms with Crippen molar-refractivity contribution >= 4 is 11.9 Å². The molecule has 2 heterocycles. The summed E-state index contributed by atoms with van der Waals surface area (Å²) in [5.74, 6) is -1.23. The Morgan fingerprint density at radius 1 is 1.43 bits per heavy atom. The number of aliphatic hydroxyl groups is 1. The first-order chi connectivity index (χ1) is 9.88. The Labute approximate surface area is 123 Å². The SMILES string of the molecule is CN(C)CC1CC(O)CN1C(=O)c1cccn1CC(=O)O. The number of rotatable bonds is 5. The lowest BCUT2D eigenvalue weighted by molar-refractivity contribution is -0.137. The average Bonchev–Trinajstić information content (AvgIpc) is 2.94. The lowest BCUT2D eigenvalue weighted by Crippen LogP contribution is -2.42. The quantitative estimate of drug-likeness (QED) is 0.779. The molecule has 1 fully saturated rings. The molecule has 116 valence electrons. The van der Waals surface area contributed by atoms with Crippen LogP contribution in [0.1, 0.15) is 16.9 Å². The van der Waals surface area contributed by atoms with Gasteiger partial charge in [0, 0.05) is 25.3 Å². The third-order valence-corrected chi connectivity index (χ3v) is 3.58. The average molecular weight is 295 g/mol. The van der Waals surface area contributed by atoms with Crippen LogP contribution in [-0.4, -0.2) is 75.8 Å². The summed E-state index contributed by atoms with van der Waals surface area (Å²) in [5.41, 5.74) is 0.343. The molecule has 2 rings (SSSR count). The van der Waals surface area contributed by atoms with Crippen LogP contribution in [0.25, 0.3) is 0 Å². The largest absolute Gasteiger partial charge is 0.480 e. The van der Waals surface area contributed by atoms with Crippen molar-refractivity contribution in [2.24, 2.45) is 0 Å². The molecule has 21 heavy (non-hydrogen) atoms. The van der Waals surface area contributed by atoms with Gasteiger partial charge in [-0.05, 0) is 32.6 Å². The highest BCUT2D eigenvalue weighted by molar-refractivity contribution is 5.93. The molecule has 1 amide bonds. The highest BCUT2D eigenvalue weighted by Crippen LogP contribution is 2.21. The monoisotopic (exact) mass is 295 g/mol. The van der Waals surface area contributed by atoms with Gasteiger partial charge < -0.3 is 24.6 Å². The zero-order valence-electron chi connectivity index (χ0n) is 12.3. The maximum atomic E-state index is 12.6. The molecular formula is C14H21N3O4. The summed E-state index contributed by atoms with van der Waals surface area (Å²) in [6.45, 7) is 0.709. The topological polar surface area (TPSA) is 86.0 Å². The molecule has 0 saturated carbocycles. The van der Waals surface area contributed by atoms with Gasteiger partial charge in [-0.2, -0.15) is 0 Å². The maximum Gasteiger partial charge on any atom is 0.323 e. The van der Waals surface area contributed by atoms with Crippen LogP contribution in [0, 0.1) is 0 Å². The standard InChI is InChI=1S/C14H21N3O4/c1-15(2)7-10-6-11(18)8-17(10)14(21)12-4-3-5-16(12)9-13(19)20/h3-5,10-11,18H,6-9H2,1-2H3,(H,19,20). The minimum atomic E-state index is -0.994. The number of aromatic nitrogens is 1. The van der Waals surface area contributed by atoms with E-state index in [0.29, 0.717) is 18.7 Å². The molecule has 2 unspecified atom stereocenters. The lowest BCUT2D eigenvalue weighted by Gasteiger charge is -2.27. The van der Waals surface area contributed by atoms with E-state index >= 15 is 0 Å². The van der Waals surface area contributed by atoms with E-state index in [0.717, 1.165) is 0 Å². The summed E-state index contributed by atoms with van der Waals surface area (Å²) < 4.78 is 1.42. The number of carbonyl (C=O) groups excluding carboxylic acids is 1. The number of carboxylic acid groups (broad SMARTS) is 1. The second-order valence-electron chi connectivity index (χ2n) is 5.68. The third kappa shape index (κ3) is 3.62. The molecule has 0 aliphatic carbocycles. The first-order valence-corrected chi connectivity index (χ1v) is 6.89. The summed E-state index contributed by atoms with van der Waals surface area (Å²) in [4.78, 5) is 27.1. The van der Waals surface area contributed by atoms with Gasteiger partial charge in [0.15, 0.2) is 0 Å². The molecular weight excluding hydrogens is 274 g/mol. The van der Waals surface area contributed by atoms with Crippen LogP contribution in [0.2, 0.25) is 0 Å². The molecule has 0 spiro atoms. The Hall–Kier alpha value is -1.86. The Morgan fingerprint density at radius 2 is 2.14 bits per heavy atom. The Kier molecular flexibility index (Phi) is 4.64. The minimum Gasteiger partial charge on any atom is -0.480 e. The van der Waals surface area contributed by atoms with E-state index in [1.165, 1.54) is 4.57 Å². The predicted molar refractivity (Wildman–Crippen MR) is 76.1 cm³/mol. The van der Waals surface area contributed by atoms with Gasteiger partial charge in [0.25, 0.3) is 5.91 Å². The van der Waals surface area contributed by atoms with Crippen molar-refractivity contribution in [3.05, 3.63) is 24.0 Å². The molecule has 0 bridgehead atoms. The van der Waals surface area contributed by atoms with Crippen LogP contribution in [-0.2, 0) is 11.3 Å². The van der Waals surface area contributed by atoms with Gasteiger partial charge >= 0.3 is 5.97 Å². The molecule has 1 aromatic heterocycles. The van der Waals surface area contributed by atoms with Gasteiger partial charge in [0.2, 0.25) is 0 Å². The van der Waals surface area contributed by atoms with E-state index in [9.17, 15) is 14.7 Å². The fraction of sp³-hybridized carbons (Fsp3) is 0.571. The number of carboxylic acids is 1. The molecule has 1 aliphatic heterocycles. The van der Waals surface area contributed by atoms with Crippen molar-refractivity contribution in [3.8, 4) is 0 Å². The van der Waals surface area contributed by atoms with Crippen LogP contribution in [0.4, 0.5) is 0 Å². The van der Waals surface area contributed by atoms with Crippen LogP contribution in [0.3, 0.4) is 0 Å². The van der Waals surface area contributed by atoms with Crippen molar-refractivity contribution in [2.45, 2.75) is 25.1 Å². The number of likely N-dealkylation sites (N-methyl/N-ethyl adjacent to an activating group) is 1. The van der Waals surface area contributed by atoms with Crippen LogP contribution in [0.5, 0.6) is 0 Å². The number of likely N-dealkylation sites (tertiary alicyclic amines) is 1. The van der Waals surface area contributed by atoms with Crippen molar-refractivity contribution < 1.29 is 19.8 Å². The fourth-order valence-electron chi connectivity index (χ4n) is 2.77. The number of amides is 1. The Bertz CT molecular complexity index is 526. The van der Waals surface area contributed by atoms with Gasteiger partial charge in [-0.15, -0.1) is 0 Å². The smallest absolute Gasteiger partial charge is 0.323 e. The van der Waals surface area contributed by atoms with Gasteiger partial charge in [-0.3, -0.25) is 9.59 Å². The zero-order chi connectivity index (χ0) is 15.6. The van der Waals surface area contributed by atoms with Crippen molar-refractivity contribution in [1.82, 2.24) is 14.4 Å². The summed E-state index contributed by atoms with van der Waals surface area (Å²) >= 11 is 0. The number of carbonyl (C=O) groups is 2. The van der Waals surface area contributed by atoms with Crippen LogP contribution < -0.4 is 0 Å². The van der Waals surface area contributed by atoms with E-state index in [2.05, 4.69) is 0 Å². The van der Waals surface area contributed by atoms with Crippen LogP contribution >= 0.6 is 0 Å². The summed E-state index contributed by atoms with van der Waals surface area (Å²) in [7, 11) is 3.83. The number of β-amino-alcohol motifs (C(OH)–C–C–N with tert-alkyl or cyclic N) is 1. The number of aliphatic hydroxyl groups excluding tert-OH is 1. The molecule has 1 aromatic rings. The van der Waals surface area contributed by atoms with Gasteiger partial charge in [0.05, 0.1) is 6.10 Å². The van der Waals surface area contributed by atoms with E-state index in [1.54, 1.807) is 23.2 Å². The maximum absolute atomic E-state index is 12.6. The lowest BCUT2D eigenvalue weighted by atomic mass is 10.2. The van der Waals surface area contributed by atoms with Crippen molar-refractivity contribution in [2.75, 3.05) is 27.2 Å². The van der Waals surface area contributed by atoms with E-state index in [1.807, 2.05) is 19.0 Å². The molecule has 2 N–H and O–H groups in total. The highest BCUT2D eigenvalue weighted by Gasteiger charge is 2.35. The van der Waals surface area contributed by atoms with E-state index < -0.39 is 12.1 Å². The Morgan fingerprint density at radius 3 is 2.76 bits per heavy atom. The minimum absolute atomic E-state index is 0.0596. The second-order valence-corrected chi connectivity index (χ2v) is 5.68. The van der Waals surface area contributed by atoms with E-state index in [4.69, 9.17) is 5.11 Å². The second kappa shape index (κ2) is 6.28. The predicted octanol–water partition coefficient (Wildman–Crippen LogP) is -0.290. The zero-order valence-corrected chi connectivity index (χ0v) is 12.3. The number of nitrogens with zero attached hydrogens (tertiary/aromatic N) is 3. The molecule has 1 saturated heterocycles. The Balaban J connectivity index is 2.18. The van der Waals surface area contributed by atoms with Crippen molar-refractivity contribution in [3.63, 3.8) is 0 Å². The molecule has 7 heteroatoms. The van der Waals surface area contributed by atoms with Gasteiger partial charge in [0.1, 0.15) is 12.2 Å². The third-order valence-electron chi connectivity index (χ3n) is 3.58. The fourth-order valence-corrected chi connectivity index (χ4v) is 2.77. The normalized spacial score (nSPS) is 22.0. The number of aliphatic carboxylic acids is 1. The first-order valence-electron chi connectivity index (χ1n) is 6.89.